The lowest BCUT2D eigenvalue weighted by Crippen LogP contribution is -2.28. The Labute approximate surface area is 166 Å². The fourth-order valence-corrected chi connectivity index (χ4v) is 3.67. The molecule has 0 spiro atoms. The topological polar surface area (TPSA) is 76.8 Å². The fraction of sp³-hybridized carbons (Fsp3) is 0.409. The van der Waals surface area contributed by atoms with E-state index >= 15 is 0 Å². The number of rotatable bonds is 8. The summed E-state index contributed by atoms with van der Waals surface area (Å²) in [5, 5.41) is 2.71. The Morgan fingerprint density at radius 2 is 1.96 bits per heavy atom. The van der Waals surface area contributed by atoms with Gasteiger partial charge in [0.15, 0.2) is 18.1 Å². The number of nitrogens with zero attached hydrogens (tertiary/aromatic N) is 1. The molecule has 0 aliphatic carbocycles. The smallest absolute Gasteiger partial charge is 0.257 e. The molecule has 1 aliphatic rings. The number of benzene rings is 2. The fourth-order valence-electron chi connectivity index (χ4n) is 3.67. The van der Waals surface area contributed by atoms with E-state index in [0.717, 1.165) is 25.2 Å². The van der Waals surface area contributed by atoms with E-state index in [2.05, 4.69) is 34.5 Å². The standard InChI is InChI=1S/C22H29N3O3/c1-3-24-22(26)15-28-20-10-9-16(11-21(20)27-2)12-25-13-18(19(23)14-25)17-7-5-4-6-8-17/h4-11,18-19H,3,12-15,23H2,1-2H3,(H,24,26)/t18-,19+/m0/s1. The van der Waals surface area contributed by atoms with Crippen molar-refractivity contribution >= 4 is 5.91 Å². The van der Waals surface area contributed by atoms with Gasteiger partial charge in [0.1, 0.15) is 0 Å². The molecule has 1 heterocycles. The van der Waals surface area contributed by atoms with Gasteiger partial charge >= 0.3 is 0 Å². The summed E-state index contributed by atoms with van der Waals surface area (Å²) in [5.41, 5.74) is 8.83. The van der Waals surface area contributed by atoms with Gasteiger partial charge in [0, 0.05) is 38.1 Å². The highest BCUT2D eigenvalue weighted by Crippen LogP contribution is 2.31. The molecule has 3 N–H and O–H groups in total. The van der Waals surface area contributed by atoms with Gasteiger partial charge in [-0.25, -0.2) is 0 Å². The first-order chi connectivity index (χ1) is 13.6. The highest BCUT2D eigenvalue weighted by Gasteiger charge is 2.31. The van der Waals surface area contributed by atoms with Crippen LogP contribution in [0.25, 0.3) is 0 Å². The van der Waals surface area contributed by atoms with E-state index < -0.39 is 0 Å². The molecule has 1 amide bonds. The first-order valence-corrected chi connectivity index (χ1v) is 9.70. The minimum atomic E-state index is -0.147. The van der Waals surface area contributed by atoms with Crippen molar-refractivity contribution in [1.82, 2.24) is 10.2 Å². The Hall–Kier alpha value is -2.57. The van der Waals surface area contributed by atoms with Gasteiger partial charge < -0.3 is 20.5 Å². The zero-order valence-corrected chi connectivity index (χ0v) is 16.6. The highest BCUT2D eigenvalue weighted by atomic mass is 16.5. The van der Waals surface area contributed by atoms with E-state index in [4.69, 9.17) is 15.2 Å². The molecule has 0 bridgehead atoms. The summed E-state index contributed by atoms with van der Waals surface area (Å²) in [6.07, 6.45) is 0. The molecular weight excluding hydrogens is 354 g/mol. The van der Waals surface area contributed by atoms with Crippen LogP contribution in [-0.2, 0) is 11.3 Å². The molecule has 6 nitrogen and oxygen atoms in total. The number of carbonyl (C=O) groups excluding carboxylic acids is 1. The third-order valence-electron chi connectivity index (χ3n) is 5.04. The van der Waals surface area contributed by atoms with Crippen LogP contribution in [-0.4, -0.2) is 50.2 Å². The van der Waals surface area contributed by atoms with Gasteiger partial charge in [-0.15, -0.1) is 0 Å². The second-order valence-corrected chi connectivity index (χ2v) is 7.10. The van der Waals surface area contributed by atoms with Crippen LogP contribution in [0, 0.1) is 0 Å². The number of hydrogen-bond acceptors (Lipinski definition) is 5. The average Bonchev–Trinajstić information content (AvgIpc) is 3.07. The van der Waals surface area contributed by atoms with E-state index in [-0.39, 0.29) is 18.6 Å². The Morgan fingerprint density at radius 1 is 1.18 bits per heavy atom. The number of nitrogens with one attached hydrogen (secondary N) is 1. The normalized spacial score (nSPS) is 19.4. The van der Waals surface area contributed by atoms with Crippen LogP contribution in [0.1, 0.15) is 24.0 Å². The number of hydrogen-bond donors (Lipinski definition) is 2. The van der Waals surface area contributed by atoms with E-state index in [0.29, 0.717) is 24.0 Å². The molecule has 1 aliphatic heterocycles. The second kappa shape index (κ2) is 9.57. The minimum absolute atomic E-state index is 0.0245. The molecule has 6 heteroatoms. The van der Waals surface area contributed by atoms with E-state index in [1.165, 1.54) is 5.56 Å². The molecule has 0 aromatic heterocycles. The Kier molecular flexibility index (Phi) is 6.90. The Balaban J connectivity index is 1.62. The Bertz CT molecular complexity index is 782. The predicted octanol–water partition coefficient (Wildman–Crippen LogP) is 2.14. The maximum atomic E-state index is 11.6. The quantitative estimate of drug-likeness (QED) is 0.730. The van der Waals surface area contributed by atoms with Crippen LogP contribution in [0.15, 0.2) is 48.5 Å². The molecule has 28 heavy (non-hydrogen) atoms. The van der Waals surface area contributed by atoms with Gasteiger partial charge in [0.05, 0.1) is 7.11 Å². The summed E-state index contributed by atoms with van der Waals surface area (Å²) in [6, 6.07) is 16.4. The Morgan fingerprint density at radius 3 is 2.68 bits per heavy atom. The number of likely N-dealkylation sites (tertiary alicyclic amines) is 1. The van der Waals surface area contributed by atoms with Gasteiger partial charge in [-0.1, -0.05) is 36.4 Å². The zero-order chi connectivity index (χ0) is 19.9. The maximum Gasteiger partial charge on any atom is 0.257 e. The van der Waals surface area contributed by atoms with Crippen molar-refractivity contribution in [1.29, 1.82) is 0 Å². The summed E-state index contributed by atoms with van der Waals surface area (Å²) in [5.74, 6) is 1.40. The molecule has 2 aromatic carbocycles. The van der Waals surface area contributed by atoms with Crippen LogP contribution in [0.4, 0.5) is 0 Å². The molecule has 0 saturated carbocycles. The lowest BCUT2D eigenvalue weighted by atomic mass is 9.95. The van der Waals surface area contributed by atoms with Crippen molar-refractivity contribution in [2.45, 2.75) is 25.4 Å². The molecule has 150 valence electrons. The molecule has 0 radical (unpaired) electrons. The first kappa shape index (κ1) is 20.2. The number of amides is 1. The SMILES string of the molecule is CCNC(=O)COc1ccc(CN2C[C@@H](N)[C@H](c3ccccc3)C2)cc1OC. The van der Waals surface area contributed by atoms with Gasteiger partial charge in [0.25, 0.3) is 5.91 Å². The number of carbonyl (C=O) groups is 1. The summed E-state index contributed by atoms with van der Waals surface area (Å²) < 4.78 is 11.0. The third-order valence-corrected chi connectivity index (χ3v) is 5.04. The van der Waals surface area contributed by atoms with Crippen molar-refractivity contribution in [3.8, 4) is 11.5 Å². The van der Waals surface area contributed by atoms with Crippen LogP contribution in [0.3, 0.4) is 0 Å². The predicted molar refractivity (Wildman–Crippen MR) is 110 cm³/mol. The van der Waals surface area contributed by atoms with Crippen LogP contribution in [0.2, 0.25) is 0 Å². The number of likely N-dealkylation sites (N-methyl/N-ethyl adjacent to an activating group) is 1. The molecule has 1 fully saturated rings. The van der Waals surface area contributed by atoms with E-state index in [1.54, 1.807) is 7.11 Å². The second-order valence-electron chi connectivity index (χ2n) is 7.10. The molecule has 2 aromatic rings. The summed E-state index contributed by atoms with van der Waals surface area (Å²) in [6.45, 7) is 5.02. The third kappa shape index (κ3) is 5.03. The molecule has 2 atom stereocenters. The number of methoxy groups -OCH3 is 1. The monoisotopic (exact) mass is 383 g/mol. The van der Waals surface area contributed by atoms with Crippen molar-refractivity contribution in [3.63, 3.8) is 0 Å². The molecular formula is C22H29N3O3. The summed E-state index contributed by atoms with van der Waals surface area (Å²) >= 11 is 0. The van der Waals surface area contributed by atoms with Crippen molar-refractivity contribution < 1.29 is 14.3 Å². The number of nitrogens with two attached hydrogens (primary N) is 1. The lowest BCUT2D eigenvalue weighted by Gasteiger charge is -2.17. The van der Waals surface area contributed by atoms with Crippen LogP contribution < -0.4 is 20.5 Å². The minimum Gasteiger partial charge on any atom is -0.493 e. The first-order valence-electron chi connectivity index (χ1n) is 9.70. The summed E-state index contributed by atoms with van der Waals surface area (Å²) in [4.78, 5) is 14.0. The highest BCUT2D eigenvalue weighted by molar-refractivity contribution is 5.77. The van der Waals surface area contributed by atoms with Gasteiger partial charge in [-0.2, -0.15) is 0 Å². The van der Waals surface area contributed by atoms with Crippen molar-refractivity contribution in [3.05, 3.63) is 59.7 Å². The summed E-state index contributed by atoms with van der Waals surface area (Å²) in [7, 11) is 1.61. The maximum absolute atomic E-state index is 11.6. The molecule has 3 rings (SSSR count). The van der Waals surface area contributed by atoms with Gasteiger partial charge in [-0.05, 0) is 30.2 Å². The van der Waals surface area contributed by atoms with Gasteiger partial charge in [-0.3, -0.25) is 9.69 Å². The number of ether oxygens (including phenoxy) is 2. The molecule has 0 unspecified atom stereocenters. The zero-order valence-electron chi connectivity index (χ0n) is 16.6. The van der Waals surface area contributed by atoms with Crippen LogP contribution in [0.5, 0.6) is 11.5 Å². The lowest BCUT2D eigenvalue weighted by molar-refractivity contribution is -0.123. The van der Waals surface area contributed by atoms with E-state index in [1.807, 2.05) is 31.2 Å². The molecule has 1 saturated heterocycles. The largest absolute Gasteiger partial charge is 0.493 e. The van der Waals surface area contributed by atoms with Crippen molar-refractivity contribution in [2.24, 2.45) is 5.73 Å². The average molecular weight is 383 g/mol. The van der Waals surface area contributed by atoms with E-state index in [9.17, 15) is 4.79 Å². The van der Waals surface area contributed by atoms with Crippen LogP contribution >= 0.6 is 0 Å². The van der Waals surface area contributed by atoms with Gasteiger partial charge in [0.2, 0.25) is 0 Å². The van der Waals surface area contributed by atoms with Crippen molar-refractivity contribution in [2.75, 3.05) is 33.4 Å².